The smallest absolute Gasteiger partial charge is 0.320 e. The van der Waals surface area contributed by atoms with E-state index in [-0.39, 0.29) is 37.9 Å². The summed E-state index contributed by atoms with van der Waals surface area (Å²) in [4.78, 5) is 43.1. The topological polar surface area (TPSA) is 224 Å². The third-order valence-electron chi connectivity index (χ3n) is 4.06. The van der Waals surface area contributed by atoms with Gasteiger partial charge in [-0.25, -0.2) is 0 Å². The van der Waals surface area contributed by atoms with Gasteiger partial charge in [0.25, 0.3) is 0 Å². The van der Waals surface area contributed by atoms with Crippen LogP contribution in [0.2, 0.25) is 0 Å². The van der Waals surface area contributed by atoms with Crippen LogP contribution >= 0.6 is 0 Å². The van der Waals surface area contributed by atoms with Crippen molar-refractivity contribution < 1.29 is 38.9 Å². The lowest BCUT2D eigenvalue weighted by Crippen LogP contribution is -2.25. The average Bonchev–Trinajstić information content (AvgIpc) is 2.81. The second-order valence-corrected chi connectivity index (χ2v) is 7.96. The predicted molar refractivity (Wildman–Crippen MR) is 123 cm³/mol. The number of aliphatic carboxylic acids is 2. The second kappa shape index (κ2) is 18.4. The molecule has 0 amide bonds. The fourth-order valence-electron chi connectivity index (χ4n) is 2.19. The van der Waals surface area contributed by atoms with Crippen molar-refractivity contribution in [3.63, 3.8) is 0 Å². The molecule has 14 nitrogen and oxygen atoms in total. The van der Waals surface area contributed by atoms with E-state index in [0.29, 0.717) is 6.42 Å². The van der Waals surface area contributed by atoms with E-state index < -0.39 is 41.6 Å². The van der Waals surface area contributed by atoms with Gasteiger partial charge in [0.1, 0.15) is 11.8 Å². The summed E-state index contributed by atoms with van der Waals surface area (Å²) in [5.74, 6) is -5.41. The minimum absolute atomic E-state index is 0.0304. The highest BCUT2D eigenvalue weighted by molar-refractivity contribution is 5.73. The highest BCUT2D eigenvalue weighted by atomic mass is 16.6. The van der Waals surface area contributed by atoms with Crippen molar-refractivity contribution in [2.45, 2.75) is 85.0 Å². The number of nitrogens with zero attached hydrogens (tertiary/aromatic N) is 6. The second-order valence-electron chi connectivity index (χ2n) is 7.96. The van der Waals surface area contributed by atoms with Gasteiger partial charge >= 0.3 is 23.9 Å². The van der Waals surface area contributed by atoms with Gasteiger partial charge < -0.3 is 19.7 Å². The Morgan fingerprint density at radius 3 is 1.61 bits per heavy atom. The number of carboxylic acid groups (broad SMARTS) is 2. The first kappa shape index (κ1) is 34.2. The number of azo groups is 2. The molecule has 0 fully saturated rings. The summed E-state index contributed by atoms with van der Waals surface area (Å²) in [5.41, 5.74) is -1.02. The molecule has 0 aromatic heterocycles. The lowest BCUT2D eigenvalue weighted by atomic mass is 10.0. The van der Waals surface area contributed by atoms with Crippen LogP contribution in [0, 0.1) is 34.5 Å². The lowest BCUT2D eigenvalue weighted by molar-refractivity contribution is -0.156. The molecule has 0 saturated heterocycles. The number of carbonyl (C=O) groups excluding carboxylic acids is 2. The summed E-state index contributed by atoms with van der Waals surface area (Å²) < 4.78 is 9.66. The van der Waals surface area contributed by atoms with Crippen molar-refractivity contribution in [3.8, 4) is 12.1 Å². The molecular formula is C22H34N6O8. The van der Waals surface area contributed by atoms with Gasteiger partial charge in [-0.3, -0.25) is 19.2 Å². The Labute approximate surface area is 210 Å². The van der Waals surface area contributed by atoms with Crippen LogP contribution in [0.1, 0.15) is 67.2 Å². The molecule has 200 valence electrons. The Hall–Kier alpha value is -3.94. The van der Waals surface area contributed by atoms with Crippen LogP contribution in [-0.4, -0.2) is 58.6 Å². The Kier molecular flexibility index (Phi) is 17.5. The van der Waals surface area contributed by atoms with Gasteiger partial charge in [-0.15, -0.1) is 10.2 Å². The number of carbonyl (C=O) groups is 4. The number of rotatable bonds is 14. The third kappa shape index (κ3) is 17.5. The molecular weight excluding hydrogens is 476 g/mol. The summed E-state index contributed by atoms with van der Waals surface area (Å²) in [6.07, 6.45) is 0.638. The number of nitriles is 2. The summed E-state index contributed by atoms with van der Waals surface area (Å²) in [5, 5.41) is 49.8. The summed E-state index contributed by atoms with van der Waals surface area (Å²) in [6.45, 7) is 9.66. The maximum atomic E-state index is 11.0. The van der Waals surface area contributed by atoms with Gasteiger partial charge in [-0.05, 0) is 40.5 Å². The number of esters is 2. The molecule has 0 aromatic rings. The van der Waals surface area contributed by atoms with E-state index in [2.05, 4.69) is 25.2 Å². The van der Waals surface area contributed by atoms with Crippen molar-refractivity contribution in [2.24, 2.45) is 32.3 Å². The molecule has 0 bridgehead atoms. The first-order valence-electron chi connectivity index (χ1n) is 11.1. The van der Waals surface area contributed by atoms with E-state index in [1.54, 1.807) is 53.7 Å². The Bertz CT molecular complexity index is 833. The molecule has 0 heterocycles. The zero-order valence-electron chi connectivity index (χ0n) is 21.4. The van der Waals surface area contributed by atoms with Crippen molar-refractivity contribution in [3.05, 3.63) is 0 Å². The van der Waals surface area contributed by atoms with Crippen LogP contribution in [0.25, 0.3) is 0 Å². The summed E-state index contributed by atoms with van der Waals surface area (Å²) in [6, 6.07) is 2.37. The van der Waals surface area contributed by atoms with E-state index in [4.69, 9.17) is 25.5 Å². The van der Waals surface area contributed by atoms with Gasteiger partial charge in [-0.1, -0.05) is 13.8 Å². The molecule has 4 atom stereocenters. The molecule has 2 N–H and O–H groups in total. The number of hydrogen-bond donors (Lipinski definition) is 2. The normalized spacial score (nSPS) is 14.3. The molecule has 0 aliphatic rings. The van der Waals surface area contributed by atoms with Crippen molar-refractivity contribution in [1.82, 2.24) is 0 Å². The van der Waals surface area contributed by atoms with Crippen LogP contribution < -0.4 is 0 Å². The summed E-state index contributed by atoms with van der Waals surface area (Å²) in [7, 11) is 0. The molecule has 4 unspecified atom stereocenters. The van der Waals surface area contributed by atoms with Gasteiger partial charge in [0, 0.05) is 12.8 Å². The SMILES string of the molecule is CC(CC(C#N)C(=O)O)/N=N/C(C)CC(C#N)C(=O)O.CCC(=O)OC/N=N/C(C)(C)OC(=O)CC. The van der Waals surface area contributed by atoms with Gasteiger partial charge in [0.15, 0.2) is 0 Å². The molecule has 0 aromatic carbocycles. The third-order valence-corrected chi connectivity index (χ3v) is 4.06. The fraction of sp³-hybridized carbons (Fsp3) is 0.727. The van der Waals surface area contributed by atoms with Crippen LogP contribution in [0.5, 0.6) is 0 Å². The zero-order valence-corrected chi connectivity index (χ0v) is 21.4. The molecule has 0 saturated carbocycles. The van der Waals surface area contributed by atoms with E-state index >= 15 is 0 Å². The monoisotopic (exact) mass is 510 g/mol. The number of hydrogen-bond acceptors (Lipinski definition) is 12. The van der Waals surface area contributed by atoms with Crippen LogP contribution in [0.4, 0.5) is 0 Å². The Balaban J connectivity index is 0. The Morgan fingerprint density at radius 1 is 0.861 bits per heavy atom. The predicted octanol–water partition coefficient (Wildman–Crippen LogP) is 3.48. The molecule has 36 heavy (non-hydrogen) atoms. The summed E-state index contributed by atoms with van der Waals surface area (Å²) >= 11 is 0. The number of carboxylic acids is 2. The van der Waals surface area contributed by atoms with E-state index in [1.807, 2.05) is 0 Å². The maximum absolute atomic E-state index is 11.0. The zero-order chi connectivity index (χ0) is 28.3. The fourth-order valence-corrected chi connectivity index (χ4v) is 2.19. The van der Waals surface area contributed by atoms with E-state index in [0.717, 1.165) is 0 Å². The van der Waals surface area contributed by atoms with Gasteiger partial charge in [0.05, 0.1) is 24.2 Å². The maximum Gasteiger partial charge on any atom is 0.320 e. The standard InChI is InChI=1S/C12H16N4O4.C10H18N2O4/c1-7(3-9(5-13)11(17)18)15-16-8(2)4-10(6-14)12(19)20;1-5-8(13)15-7-11-12-10(3,4)16-9(14)6-2/h7-10H,3-4H2,1-2H3,(H,17,18)(H,19,20);5-7H2,1-4H3/b16-15+;12-11+. The van der Waals surface area contributed by atoms with E-state index in [9.17, 15) is 19.2 Å². The van der Waals surface area contributed by atoms with E-state index in [1.165, 1.54) is 0 Å². The quantitative estimate of drug-likeness (QED) is 0.255. The van der Waals surface area contributed by atoms with Crippen LogP contribution in [0.3, 0.4) is 0 Å². The Morgan fingerprint density at radius 2 is 1.28 bits per heavy atom. The van der Waals surface area contributed by atoms with Gasteiger partial charge in [0.2, 0.25) is 12.5 Å². The molecule has 0 aliphatic heterocycles. The highest BCUT2D eigenvalue weighted by Crippen LogP contribution is 2.14. The molecule has 14 heteroatoms. The lowest BCUT2D eigenvalue weighted by Gasteiger charge is -2.18. The molecule has 0 radical (unpaired) electrons. The van der Waals surface area contributed by atoms with Crippen LogP contribution in [-0.2, 0) is 28.7 Å². The first-order valence-corrected chi connectivity index (χ1v) is 11.1. The van der Waals surface area contributed by atoms with Gasteiger partial charge in [-0.2, -0.15) is 20.8 Å². The largest absolute Gasteiger partial charge is 0.480 e. The molecule has 0 spiro atoms. The highest BCUT2D eigenvalue weighted by Gasteiger charge is 2.22. The first-order chi connectivity index (χ1) is 16.7. The number of ether oxygens (including phenoxy) is 2. The minimum atomic E-state index is -1.21. The van der Waals surface area contributed by atoms with Crippen molar-refractivity contribution in [2.75, 3.05) is 6.73 Å². The molecule has 0 aliphatic carbocycles. The molecule has 0 rings (SSSR count). The van der Waals surface area contributed by atoms with Crippen LogP contribution in [0.15, 0.2) is 20.5 Å². The average molecular weight is 511 g/mol. The van der Waals surface area contributed by atoms with Crippen molar-refractivity contribution >= 4 is 23.9 Å². The van der Waals surface area contributed by atoms with Crippen molar-refractivity contribution in [1.29, 1.82) is 10.5 Å². The minimum Gasteiger partial charge on any atom is -0.480 e.